The molecular formula is C20H26NO11P2+. The van der Waals surface area contributed by atoms with Crippen LogP contribution in [-0.4, -0.2) is 48.7 Å². The van der Waals surface area contributed by atoms with Crippen LogP contribution in [0.15, 0.2) is 42.7 Å². The van der Waals surface area contributed by atoms with E-state index < -0.39 is 45.1 Å². The molecule has 3 unspecified atom stereocenters. The number of rotatable bonds is 5. The van der Waals surface area contributed by atoms with Gasteiger partial charge in [0.15, 0.2) is 0 Å². The molecule has 12 nitrogen and oxygen atoms in total. The fourth-order valence-electron chi connectivity index (χ4n) is 3.00. The minimum absolute atomic E-state index is 0.185. The maximum atomic E-state index is 13.1. The van der Waals surface area contributed by atoms with E-state index in [0.29, 0.717) is 0 Å². The Hall–Kier alpha value is -2.14. The van der Waals surface area contributed by atoms with Crippen molar-refractivity contribution in [3.63, 3.8) is 0 Å². The Balaban J connectivity index is 1.97. The summed E-state index contributed by atoms with van der Waals surface area (Å²) in [4.78, 5) is 48.0. The summed E-state index contributed by atoms with van der Waals surface area (Å²) in [6, 6.07) is 6.91. The molecule has 0 aliphatic carbocycles. The number of pyridine rings is 1. The van der Waals surface area contributed by atoms with Gasteiger partial charge in [-0.3, -0.25) is 14.1 Å². The molecule has 34 heavy (non-hydrogen) atoms. The van der Waals surface area contributed by atoms with Gasteiger partial charge in [-0.1, -0.05) is 6.07 Å². The maximum Gasteiger partial charge on any atom is 0.514 e. The van der Waals surface area contributed by atoms with Crippen LogP contribution in [0.2, 0.25) is 0 Å². The third kappa shape index (κ3) is 5.56. The van der Waals surface area contributed by atoms with E-state index in [9.17, 15) is 29.1 Å². The maximum absolute atomic E-state index is 13.1. The molecule has 1 fully saturated rings. The normalized spacial score (nSPS) is 26.5. The lowest BCUT2D eigenvalue weighted by molar-refractivity contribution is -0.0694. The number of aromatic nitrogens is 1. The van der Waals surface area contributed by atoms with Gasteiger partial charge in [0.2, 0.25) is 6.29 Å². The van der Waals surface area contributed by atoms with Gasteiger partial charge in [-0.2, -0.15) is 9.79 Å². The molecule has 0 amide bonds. The second-order valence-corrected chi connectivity index (χ2v) is 12.8. The van der Waals surface area contributed by atoms with Crippen LogP contribution in [0.1, 0.15) is 38.2 Å². The average Bonchev–Trinajstić information content (AvgIpc) is 2.71. The number of aliphatic hydroxyl groups is 1. The summed E-state index contributed by atoms with van der Waals surface area (Å²) in [5.41, 5.74) is -0.828. The number of benzene rings is 1. The van der Waals surface area contributed by atoms with E-state index in [-0.39, 0.29) is 22.6 Å². The summed E-state index contributed by atoms with van der Waals surface area (Å²) in [6.07, 6.45) is -0.990. The lowest BCUT2D eigenvalue weighted by atomic mass is 10.2. The highest BCUT2D eigenvalue weighted by Crippen LogP contribution is 2.83. The molecule has 14 heteroatoms. The van der Waals surface area contributed by atoms with Crippen molar-refractivity contribution in [3.05, 3.63) is 53.9 Å². The number of nitrogens with zero attached hydrogens (tertiary/aromatic N) is 1. The minimum Gasteiger partial charge on any atom is -0.497 e. The third-order valence-corrected chi connectivity index (χ3v) is 9.28. The van der Waals surface area contributed by atoms with E-state index in [1.807, 2.05) is 0 Å². The van der Waals surface area contributed by atoms with Gasteiger partial charge < -0.3 is 24.2 Å². The largest absolute Gasteiger partial charge is 0.514 e. The molecular weight excluding hydrogens is 492 g/mol. The number of hydrogen-bond donors (Lipinski definition) is 4. The summed E-state index contributed by atoms with van der Waals surface area (Å²) in [7, 11) is -8.85. The summed E-state index contributed by atoms with van der Waals surface area (Å²) in [5.74, 6) is -0.0136. The SMILES string of the molecule is COc1ccc(OC(=O)OC(C)(C)C)c(C2OP(=O)(O)C(O)(Cc3cccnc3)[P+](O)(O)O2)c1. The number of carbonyl (C=O) groups is 1. The lowest BCUT2D eigenvalue weighted by Gasteiger charge is -2.38. The van der Waals surface area contributed by atoms with Crippen molar-refractivity contribution in [1.29, 1.82) is 0 Å². The van der Waals surface area contributed by atoms with Gasteiger partial charge in [0.1, 0.15) is 17.1 Å². The zero-order chi connectivity index (χ0) is 25.4. The van der Waals surface area contributed by atoms with Crippen LogP contribution in [-0.2, 0) is 24.8 Å². The van der Waals surface area contributed by atoms with E-state index in [1.54, 1.807) is 20.8 Å². The van der Waals surface area contributed by atoms with Crippen molar-refractivity contribution in [2.45, 2.75) is 44.2 Å². The first-order valence-electron chi connectivity index (χ1n) is 9.92. The predicted octanol–water partition coefficient (Wildman–Crippen LogP) is 3.27. The van der Waals surface area contributed by atoms with E-state index in [2.05, 4.69) is 4.98 Å². The van der Waals surface area contributed by atoms with Crippen molar-refractivity contribution in [2.75, 3.05) is 7.11 Å². The molecule has 1 aromatic heterocycles. The zero-order valence-corrected chi connectivity index (χ0v) is 20.6. The fraction of sp³-hybridized carbons (Fsp3) is 0.400. The number of ether oxygens (including phenoxy) is 3. The summed E-state index contributed by atoms with van der Waals surface area (Å²) < 4.78 is 38.9. The van der Waals surface area contributed by atoms with Crippen LogP contribution in [0.3, 0.4) is 0 Å². The second kappa shape index (κ2) is 9.49. The van der Waals surface area contributed by atoms with E-state index >= 15 is 0 Å². The Morgan fingerprint density at radius 1 is 1.29 bits per heavy atom. The van der Waals surface area contributed by atoms with Gasteiger partial charge in [-0.05, 0) is 50.6 Å². The lowest BCUT2D eigenvalue weighted by Crippen LogP contribution is -2.40. The van der Waals surface area contributed by atoms with Crippen molar-refractivity contribution in [2.24, 2.45) is 0 Å². The van der Waals surface area contributed by atoms with Crippen LogP contribution in [0.5, 0.6) is 11.5 Å². The summed E-state index contributed by atoms with van der Waals surface area (Å²) >= 11 is 0. The van der Waals surface area contributed by atoms with Gasteiger partial charge in [-0.15, -0.1) is 4.52 Å². The monoisotopic (exact) mass is 518 g/mol. The molecule has 2 aromatic rings. The average molecular weight is 518 g/mol. The smallest absolute Gasteiger partial charge is 0.497 e. The fourth-order valence-corrected chi connectivity index (χ4v) is 6.62. The topological polar surface area (TPSA) is 174 Å². The van der Waals surface area contributed by atoms with Gasteiger partial charge in [0.05, 0.1) is 19.1 Å². The first-order valence-corrected chi connectivity index (χ1v) is 13.1. The first kappa shape index (κ1) is 26.5. The number of methoxy groups -OCH3 is 1. The number of carbonyl (C=O) groups excluding carboxylic acids is 1. The zero-order valence-electron chi connectivity index (χ0n) is 18.8. The van der Waals surface area contributed by atoms with Crippen LogP contribution >= 0.6 is 15.5 Å². The molecule has 0 spiro atoms. The Morgan fingerprint density at radius 2 is 2.00 bits per heavy atom. The van der Waals surface area contributed by atoms with Crippen LogP contribution in [0.25, 0.3) is 0 Å². The van der Waals surface area contributed by atoms with Gasteiger partial charge >= 0.3 is 26.8 Å². The van der Waals surface area contributed by atoms with E-state index in [0.717, 1.165) is 0 Å². The molecule has 1 aliphatic heterocycles. The minimum atomic E-state index is -5.19. The van der Waals surface area contributed by atoms with Crippen molar-refractivity contribution < 1.29 is 52.4 Å². The number of hydrogen-bond acceptors (Lipinski definition) is 11. The molecule has 3 rings (SSSR count). The molecule has 1 saturated heterocycles. The highest BCUT2D eigenvalue weighted by molar-refractivity contribution is 7.76. The molecule has 3 atom stereocenters. The Kier molecular flexibility index (Phi) is 7.38. The standard InChI is InChI=1S/C20H25NO11P2/c1-19(2,3)30-18(22)29-16-8-7-14(28-4)10-15(16)17-31-33(24,25)20(23,34(26,27)32-17)11-13-6-5-9-21-12-13/h5-10,12,17,23-25H,11H2,1-4H3/p+1. The molecule has 0 bridgehead atoms. The van der Waals surface area contributed by atoms with Crippen LogP contribution < -0.4 is 9.47 Å². The third-order valence-electron chi connectivity index (χ3n) is 4.62. The van der Waals surface area contributed by atoms with Crippen LogP contribution in [0.4, 0.5) is 4.79 Å². The first-order chi connectivity index (χ1) is 15.7. The molecule has 0 saturated carbocycles. The van der Waals surface area contributed by atoms with Gasteiger partial charge in [0.25, 0.3) is 0 Å². The highest BCUT2D eigenvalue weighted by Gasteiger charge is 2.77. The van der Waals surface area contributed by atoms with Crippen LogP contribution in [0, 0.1) is 0 Å². The van der Waals surface area contributed by atoms with Crippen molar-refractivity contribution >= 4 is 21.7 Å². The molecule has 4 N–H and O–H groups in total. The van der Waals surface area contributed by atoms with E-state index in [4.69, 9.17) is 23.3 Å². The van der Waals surface area contributed by atoms with Gasteiger partial charge in [-0.25, -0.2) is 4.79 Å². The molecule has 1 aromatic carbocycles. The molecule has 0 radical (unpaired) electrons. The predicted molar refractivity (Wildman–Crippen MR) is 119 cm³/mol. The highest BCUT2D eigenvalue weighted by atomic mass is 31.3. The Bertz CT molecular complexity index is 1090. The molecule has 186 valence electrons. The van der Waals surface area contributed by atoms with Crippen molar-refractivity contribution in [1.82, 2.24) is 4.98 Å². The summed E-state index contributed by atoms with van der Waals surface area (Å²) in [5, 5.41) is 7.85. The quantitative estimate of drug-likeness (QED) is 0.259. The second-order valence-electron chi connectivity index (χ2n) is 8.39. The Morgan fingerprint density at radius 3 is 2.56 bits per heavy atom. The summed E-state index contributed by atoms with van der Waals surface area (Å²) in [6.45, 7) is 4.87. The van der Waals surface area contributed by atoms with E-state index in [1.165, 1.54) is 49.8 Å². The van der Waals surface area contributed by atoms with Crippen molar-refractivity contribution in [3.8, 4) is 11.5 Å². The molecule has 2 heterocycles. The van der Waals surface area contributed by atoms with Gasteiger partial charge in [0, 0.05) is 12.4 Å². The Labute approximate surface area is 196 Å². The molecule has 1 aliphatic rings.